The molecule has 0 spiro atoms. The molecular weight excluding hydrogens is 548 g/mol. The van der Waals surface area contributed by atoms with Gasteiger partial charge in [-0.3, -0.25) is 14.9 Å². The smallest absolute Gasteiger partial charge is 0.333 e. The first kappa shape index (κ1) is 31.7. The Morgan fingerprint density at radius 1 is 0.881 bits per heavy atom. The zero-order valence-electron chi connectivity index (χ0n) is 24.7. The third-order valence-corrected chi connectivity index (χ3v) is 6.38. The Hall–Kier alpha value is -4.81. The number of methoxy groups -OCH3 is 5. The van der Waals surface area contributed by atoms with Gasteiger partial charge in [0.05, 0.1) is 53.5 Å². The van der Waals surface area contributed by atoms with Crippen LogP contribution >= 0.6 is 0 Å². The number of nitro groups is 1. The van der Waals surface area contributed by atoms with Gasteiger partial charge in [0.1, 0.15) is 28.7 Å². The molecule has 0 saturated carbocycles. The number of aromatic nitrogens is 2. The molecule has 0 bridgehead atoms. The number of esters is 1. The maximum atomic E-state index is 12.5. The van der Waals surface area contributed by atoms with Crippen molar-refractivity contribution in [2.24, 2.45) is 0 Å². The van der Waals surface area contributed by atoms with E-state index in [4.69, 9.17) is 28.4 Å². The van der Waals surface area contributed by atoms with Crippen molar-refractivity contribution in [2.75, 3.05) is 47.1 Å². The monoisotopic (exact) mass is 584 g/mol. The van der Waals surface area contributed by atoms with Crippen LogP contribution in [0.2, 0.25) is 0 Å². The van der Waals surface area contributed by atoms with Crippen LogP contribution in [0.15, 0.2) is 36.4 Å². The van der Waals surface area contributed by atoms with E-state index < -0.39 is 23.0 Å². The van der Waals surface area contributed by atoms with Gasteiger partial charge < -0.3 is 33.3 Å². The summed E-state index contributed by atoms with van der Waals surface area (Å²) in [4.78, 5) is 34.6. The highest BCUT2D eigenvalue weighted by molar-refractivity contribution is 5.75. The van der Waals surface area contributed by atoms with Crippen molar-refractivity contribution >= 4 is 17.5 Å². The van der Waals surface area contributed by atoms with Crippen molar-refractivity contribution in [1.82, 2.24) is 9.97 Å². The van der Waals surface area contributed by atoms with E-state index in [2.05, 4.69) is 9.97 Å². The molecule has 0 fully saturated rings. The summed E-state index contributed by atoms with van der Waals surface area (Å²) in [5, 5.41) is 12.5. The van der Waals surface area contributed by atoms with Gasteiger partial charge in [-0.05, 0) is 30.7 Å². The molecule has 0 radical (unpaired) electrons. The van der Waals surface area contributed by atoms with Gasteiger partial charge in [0.2, 0.25) is 5.82 Å². The average molecular weight is 585 g/mol. The van der Waals surface area contributed by atoms with E-state index in [1.807, 2.05) is 6.92 Å². The van der Waals surface area contributed by atoms with Gasteiger partial charge in [-0.1, -0.05) is 13.3 Å². The number of nitrogens with zero attached hydrogens (tertiary/aromatic N) is 4. The van der Waals surface area contributed by atoms with Crippen molar-refractivity contribution in [3.63, 3.8) is 0 Å². The van der Waals surface area contributed by atoms with Crippen molar-refractivity contribution in [3.8, 4) is 29.0 Å². The first-order valence-electron chi connectivity index (χ1n) is 13.2. The Kier molecular flexibility index (Phi) is 11.5. The summed E-state index contributed by atoms with van der Waals surface area (Å²) < 4.78 is 32.4. The highest BCUT2D eigenvalue weighted by atomic mass is 16.6. The van der Waals surface area contributed by atoms with Crippen LogP contribution in [-0.2, 0) is 29.0 Å². The first-order chi connectivity index (χ1) is 20.3. The van der Waals surface area contributed by atoms with Gasteiger partial charge in [0.15, 0.2) is 0 Å². The Bertz CT molecular complexity index is 1330. The van der Waals surface area contributed by atoms with E-state index in [-0.39, 0.29) is 30.6 Å². The molecule has 2 aromatic carbocycles. The molecule has 0 N–H and O–H groups in total. The lowest BCUT2D eigenvalue weighted by atomic mass is 10.1. The van der Waals surface area contributed by atoms with Gasteiger partial charge in [-0.2, -0.15) is 9.97 Å². The second-order valence-corrected chi connectivity index (χ2v) is 9.05. The summed E-state index contributed by atoms with van der Waals surface area (Å²) in [5.41, 5.74) is 0.822. The molecule has 0 aliphatic rings. The van der Waals surface area contributed by atoms with Crippen LogP contribution in [0, 0.1) is 10.1 Å². The molecule has 13 heteroatoms. The Morgan fingerprint density at radius 3 is 1.90 bits per heavy atom. The second kappa shape index (κ2) is 15.3. The van der Waals surface area contributed by atoms with Crippen LogP contribution in [0.5, 0.6) is 29.0 Å². The van der Waals surface area contributed by atoms with Crippen LogP contribution in [-0.4, -0.2) is 63.0 Å². The Morgan fingerprint density at radius 2 is 1.45 bits per heavy atom. The molecule has 226 valence electrons. The third-order valence-electron chi connectivity index (χ3n) is 6.38. The van der Waals surface area contributed by atoms with Gasteiger partial charge in [0.25, 0.3) is 0 Å². The molecule has 0 aliphatic heterocycles. The molecule has 1 aromatic heterocycles. The number of rotatable bonds is 16. The van der Waals surface area contributed by atoms with E-state index in [1.165, 1.54) is 21.3 Å². The van der Waals surface area contributed by atoms with E-state index in [1.54, 1.807) is 55.5 Å². The normalized spacial score (nSPS) is 10.5. The fourth-order valence-corrected chi connectivity index (χ4v) is 4.16. The predicted octanol–water partition coefficient (Wildman–Crippen LogP) is 4.52. The molecule has 42 heavy (non-hydrogen) atoms. The summed E-state index contributed by atoms with van der Waals surface area (Å²) >= 11 is 0. The largest absolute Gasteiger partial charge is 0.497 e. The lowest BCUT2D eigenvalue weighted by molar-refractivity contribution is -0.385. The third kappa shape index (κ3) is 7.89. The molecule has 0 atom stereocenters. The van der Waals surface area contributed by atoms with Crippen LogP contribution in [0.3, 0.4) is 0 Å². The minimum atomic E-state index is -0.692. The molecule has 13 nitrogen and oxygen atoms in total. The molecule has 3 aromatic rings. The van der Waals surface area contributed by atoms with Crippen molar-refractivity contribution in [3.05, 3.63) is 63.3 Å². The summed E-state index contributed by atoms with van der Waals surface area (Å²) in [6.07, 6.45) is 1.13. The number of unbranched alkanes of at least 4 members (excludes halogenated alkanes) is 1. The quantitative estimate of drug-likeness (QED) is 0.101. The molecule has 1 heterocycles. The number of carbonyl (C=O) groups is 1. The number of hydrogen-bond donors (Lipinski definition) is 0. The van der Waals surface area contributed by atoms with Crippen molar-refractivity contribution in [1.29, 1.82) is 0 Å². The lowest BCUT2D eigenvalue weighted by Gasteiger charge is -2.26. The fraction of sp³-hybridized carbons (Fsp3) is 0.414. The SMILES string of the molecule is CCCCOc1nc(CC(=O)OC)c([N+](=O)[O-])c(N(Cc2ccc(OC)cc2OC)Cc2ccc(OC)cc2OC)n1. The molecule has 3 rings (SSSR count). The standard InChI is InChI=1S/C29H36N4O9/c1-7-8-13-42-29-30-23(16-26(34)41-6)27(33(35)36)28(31-29)32(17-19-9-11-21(37-2)14-24(19)39-4)18-20-10-12-22(38-3)15-25(20)40-5/h9-12,14-15H,7-8,13,16-18H2,1-6H3. The molecule has 0 saturated heterocycles. The summed E-state index contributed by atoms with van der Waals surface area (Å²) in [6, 6.07) is 10.5. The van der Waals surface area contributed by atoms with Gasteiger partial charge in [-0.25, -0.2) is 0 Å². The number of hydrogen-bond acceptors (Lipinski definition) is 12. The predicted molar refractivity (Wildman–Crippen MR) is 154 cm³/mol. The second-order valence-electron chi connectivity index (χ2n) is 9.05. The average Bonchev–Trinajstić information content (AvgIpc) is 3.00. The van der Waals surface area contributed by atoms with Gasteiger partial charge >= 0.3 is 17.7 Å². The van der Waals surface area contributed by atoms with E-state index in [0.717, 1.165) is 12.8 Å². The summed E-state index contributed by atoms with van der Waals surface area (Å²) in [6.45, 7) is 2.53. The number of benzene rings is 2. The molecular formula is C29H36N4O9. The van der Waals surface area contributed by atoms with Gasteiger partial charge in [0, 0.05) is 36.3 Å². The Balaban J connectivity index is 2.25. The van der Waals surface area contributed by atoms with Gasteiger partial charge in [-0.15, -0.1) is 0 Å². The maximum absolute atomic E-state index is 12.5. The lowest BCUT2D eigenvalue weighted by Crippen LogP contribution is -2.26. The van der Waals surface area contributed by atoms with Crippen LogP contribution in [0.1, 0.15) is 36.6 Å². The zero-order valence-corrected chi connectivity index (χ0v) is 24.7. The van der Waals surface area contributed by atoms with Crippen LogP contribution in [0.4, 0.5) is 11.5 Å². The minimum absolute atomic E-state index is 0.0452. The number of ether oxygens (including phenoxy) is 6. The number of carbonyl (C=O) groups excluding carboxylic acids is 1. The summed E-state index contributed by atoms with van der Waals surface area (Å²) in [5.74, 6) is 1.44. The van der Waals surface area contributed by atoms with Crippen LogP contribution < -0.4 is 28.6 Å². The molecule has 0 unspecified atom stereocenters. The van der Waals surface area contributed by atoms with E-state index in [9.17, 15) is 14.9 Å². The van der Waals surface area contributed by atoms with Crippen molar-refractivity contribution in [2.45, 2.75) is 39.3 Å². The van der Waals surface area contributed by atoms with E-state index >= 15 is 0 Å². The maximum Gasteiger partial charge on any atom is 0.333 e. The highest BCUT2D eigenvalue weighted by Gasteiger charge is 2.31. The number of anilines is 1. The van der Waals surface area contributed by atoms with Crippen molar-refractivity contribution < 1.29 is 38.1 Å². The highest BCUT2D eigenvalue weighted by Crippen LogP contribution is 2.37. The fourth-order valence-electron chi connectivity index (χ4n) is 4.16. The Labute approximate surface area is 244 Å². The summed E-state index contributed by atoms with van der Waals surface area (Å²) in [7, 11) is 7.34. The van der Waals surface area contributed by atoms with E-state index in [0.29, 0.717) is 40.7 Å². The first-order valence-corrected chi connectivity index (χ1v) is 13.2. The molecule has 0 amide bonds. The van der Waals surface area contributed by atoms with Crippen LogP contribution in [0.25, 0.3) is 0 Å². The molecule has 0 aliphatic carbocycles. The zero-order chi connectivity index (χ0) is 30.6. The minimum Gasteiger partial charge on any atom is -0.497 e. The topological polar surface area (TPSA) is 145 Å².